The minimum atomic E-state index is -1.12. The molecule has 0 unspecified atom stereocenters. The third kappa shape index (κ3) is 8.48. The van der Waals surface area contributed by atoms with E-state index in [-0.39, 0.29) is 17.4 Å². The van der Waals surface area contributed by atoms with Gasteiger partial charge in [-0.1, -0.05) is 57.2 Å². The molecule has 2 rings (SSSR count). The van der Waals surface area contributed by atoms with Crippen LogP contribution in [0.2, 0.25) is 0 Å². The number of rotatable bonds is 15. The Kier molecular flexibility index (Phi) is 11.6. The normalized spacial score (nSPS) is 16.9. The highest BCUT2D eigenvalue weighted by atomic mass is 16.5. The Bertz CT molecular complexity index is 840. The summed E-state index contributed by atoms with van der Waals surface area (Å²) in [6.07, 6.45) is 10.6. The Morgan fingerprint density at radius 1 is 1.06 bits per heavy atom. The number of unbranched alkanes of at least 4 members (excludes halogenated alkanes) is 5. The monoisotopic (exact) mass is 474 g/mol. The Morgan fingerprint density at radius 2 is 1.71 bits per heavy atom. The van der Waals surface area contributed by atoms with Crippen molar-refractivity contribution in [1.29, 1.82) is 0 Å². The molecular formula is C26H38N2O6. The molecule has 1 aromatic rings. The number of phenols is 1. The van der Waals surface area contributed by atoms with Gasteiger partial charge in [0.15, 0.2) is 0 Å². The van der Waals surface area contributed by atoms with E-state index >= 15 is 0 Å². The molecule has 34 heavy (non-hydrogen) atoms. The minimum absolute atomic E-state index is 0.129. The zero-order valence-electron chi connectivity index (χ0n) is 20.0. The van der Waals surface area contributed by atoms with Crippen molar-refractivity contribution in [2.24, 2.45) is 5.73 Å². The molecule has 3 atom stereocenters. The van der Waals surface area contributed by atoms with E-state index in [4.69, 9.17) is 10.5 Å². The summed E-state index contributed by atoms with van der Waals surface area (Å²) in [6.45, 7) is 2.14. The Balaban J connectivity index is 1.93. The molecule has 1 aliphatic rings. The summed E-state index contributed by atoms with van der Waals surface area (Å²) >= 11 is 0. The van der Waals surface area contributed by atoms with Gasteiger partial charge in [-0.15, -0.1) is 0 Å². The number of esters is 1. The van der Waals surface area contributed by atoms with Gasteiger partial charge < -0.3 is 25.6 Å². The smallest absolute Gasteiger partial charge is 0.329 e. The molecular weight excluding hydrogens is 436 g/mol. The lowest BCUT2D eigenvalue weighted by Gasteiger charge is -2.26. The van der Waals surface area contributed by atoms with Crippen LogP contribution in [0.1, 0.15) is 87.9 Å². The number of hydrogen-bond acceptors (Lipinski definition) is 6. The van der Waals surface area contributed by atoms with E-state index in [1.807, 2.05) is 0 Å². The lowest BCUT2D eigenvalue weighted by atomic mass is 10.0. The van der Waals surface area contributed by atoms with Crippen LogP contribution in [-0.4, -0.2) is 51.1 Å². The van der Waals surface area contributed by atoms with E-state index < -0.39 is 29.9 Å². The van der Waals surface area contributed by atoms with Crippen LogP contribution in [0.25, 0.3) is 0 Å². The molecule has 188 valence electrons. The summed E-state index contributed by atoms with van der Waals surface area (Å²) in [7, 11) is 0. The zero-order valence-corrected chi connectivity index (χ0v) is 20.0. The van der Waals surface area contributed by atoms with Gasteiger partial charge in [0.05, 0.1) is 5.56 Å². The van der Waals surface area contributed by atoms with E-state index in [0.29, 0.717) is 25.7 Å². The number of nitrogens with two attached hydrogens (primary N) is 1. The molecule has 1 aliphatic heterocycles. The van der Waals surface area contributed by atoms with Crippen molar-refractivity contribution < 1.29 is 29.3 Å². The summed E-state index contributed by atoms with van der Waals surface area (Å²) in [5, 5.41) is 19.5. The highest BCUT2D eigenvalue weighted by Crippen LogP contribution is 2.25. The number of phenolic OH excluding ortho intramolecular Hbond substituents is 1. The first-order valence-corrected chi connectivity index (χ1v) is 12.3. The largest absolute Gasteiger partial charge is 0.507 e. The van der Waals surface area contributed by atoms with E-state index in [1.165, 1.54) is 17.0 Å². The molecule has 8 heteroatoms. The average molecular weight is 475 g/mol. The predicted molar refractivity (Wildman–Crippen MR) is 129 cm³/mol. The fourth-order valence-corrected chi connectivity index (χ4v) is 4.07. The molecule has 0 aliphatic carbocycles. The Morgan fingerprint density at radius 3 is 2.35 bits per heavy atom. The molecule has 0 saturated carbocycles. The van der Waals surface area contributed by atoms with E-state index in [2.05, 4.69) is 6.92 Å². The molecule has 1 aromatic carbocycles. The van der Waals surface area contributed by atoms with E-state index in [0.717, 1.165) is 44.9 Å². The maximum Gasteiger partial charge on any atom is 0.329 e. The van der Waals surface area contributed by atoms with Crippen molar-refractivity contribution in [2.75, 3.05) is 0 Å². The first-order chi connectivity index (χ1) is 16.3. The van der Waals surface area contributed by atoms with Gasteiger partial charge in [0.2, 0.25) is 5.91 Å². The molecule has 0 radical (unpaired) electrons. The predicted octanol–water partition coefficient (Wildman–Crippen LogP) is 3.80. The highest BCUT2D eigenvalue weighted by Gasteiger charge is 2.34. The van der Waals surface area contributed by atoms with E-state index in [1.54, 1.807) is 24.4 Å². The van der Waals surface area contributed by atoms with Gasteiger partial charge in [-0.25, -0.2) is 4.79 Å². The third-order valence-corrected chi connectivity index (χ3v) is 6.10. The van der Waals surface area contributed by atoms with Gasteiger partial charge in [0.1, 0.15) is 24.0 Å². The third-order valence-electron chi connectivity index (χ3n) is 6.10. The molecule has 0 bridgehead atoms. The van der Waals surface area contributed by atoms with Crippen molar-refractivity contribution in [2.45, 2.75) is 95.8 Å². The second-order valence-corrected chi connectivity index (χ2v) is 8.83. The molecule has 0 spiro atoms. The van der Waals surface area contributed by atoms with Crippen molar-refractivity contribution >= 4 is 17.8 Å². The van der Waals surface area contributed by atoms with Crippen molar-refractivity contribution in [3.63, 3.8) is 0 Å². The van der Waals surface area contributed by atoms with Crippen LogP contribution in [0.15, 0.2) is 36.5 Å². The number of para-hydroxylation sites is 1. The summed E-state index contributed by atoms with van der Waals surface area (Å²) in [5.41, 5.74) is 5.22. The van der Waals surface area contributed by atoms with Crippen LogP contribution < -0.4 is 5.73 Å². The number of benzene rings is 1. The Hall–Kier alpha value is -2.87. The van der Waals surface area contributed by atoms with Crippen molar-refractivity contribution in [1.82, 2.24) is 4.90 Å². The summed E-state index contributed by atoms with van der Waals surface area (Å²) in [4.78, 5) is 38.2. The van der Waals surface area contributed by atoms with Gasteiger partial charge in [-0.05, 0) is 50.7 Å². The highest BCUT2D eigenvalue weighted by molar-refractivity contribution is 6.00. The number of nitrogens with zero attached hydrogens (tertiary/aromatic N) is 1. The van der Waals surface area contributed by atoms with Crippen LogP contribution in [-0.2, 0) is 14.3 Å². The summed E-state index contributed by atoms with van der Waals surface area (Å²) < 4.78 is 5.87. The number of hydrogen-bond donors (Lipinski definition) is 3. The number of ether oxygens (including phenoxy) is 1. The fourth-order valence-electron chi connectivity index (χ4n) is 4.07. The van der Waals surface area contributed by atoms with Gasteiger partial charge in [-0.2, -0.15) is 0 Å². The molecule has 2 amide bonds. The summed E-state index contributed by atoms with van der Waals surface area (Å²) in [6, 6.07) is 5.51. The van der Waals surface area contributed by atoms with Gasteiger partial charge >= 0.3 is 5.97 Å². The second-order valence-electron chi connectivity index (χ2n) is 8.83. The van der Waals surface area contributed by atoms with Crippen molar-refractivity contribution in [3.8, 4) is 5.75 Å². The van der Waals surface area contributed by atoms with E-state index in [9.17, 15) is 24.6 Å². The maximum atomic E-state index is 13.0. The lowest BCUT2D eigenvalue weighted by Crippen LogP contribution is -2.41. The molecule has 0 fully saturated rings. The molecule has 4 N–H and O–H groups in total. The van der Waals surface area contributed by atoms with Crippen LogP contribution >= 0.6 is 0 Å². The average Bonchev–Trinajstić information content (AvgIpc) is 3.31. The first kappa shape index (κ1) is 27.4. The molecule has 1 heterocycles. The molecule has 0 aromatic heterocycles. The first-order valence-electron chi connectivity index (χ1n) is 12.3. The molecule has 8 nitrogen and oxygen atoms in total. The zero-order chi connectivity index (χ0) is 24.9. The van der Waals surface area contributed by atoms with Gasteiger partial charge in [-0.3, -0.25) is 9.59 Å². The minimum Gasteiger partial charge on any atom is -0.507 e. The topological polar surface area (TPSA) is 130 Å². The SMILES string of the molecule is CCCCCC[C@H](CCCCC[C@H](O)C(N)=O)OC(=O)[C@@H]1CC=CN1C(=O)c1ccccc1O. The summed E-state index contributed by atoms with van der Waals surface area (Å²) in [5.74, 6) is -1.73. The Labute approximate surface area is 201 Å². The van der Waals surface area contributed by atoms with Crippen molar-refractivity contribution in [3.05, 3.63) is 42.1 Å². The number of aliphatic hydroxyl groups is 1. The van der Waals surface area contributed by atoms with Crippen LogP contribution in [0.5, 0.6) is 5.75 Å². The van der Waals surface area contributed by atoms with Gasteiger partial charge in [0, 0.05) is 6.20 Å². The maximum absolute atomic E-state index is 13.0. The quantitative estimate of drug-likeness (QED) is 0.262. The van der Waals surface area contributed by atoms with Crippen LogP contribution in [0.4, 0.5) is 0 Å². The number of aromatic hydroxyl groups is 1. The number of carbonyl (C=O) groups is 3. The number of carbonyl (C=O) groups excluding carboxylic acids is 3. The fraction of sp³-hybridized carbons (Fsp3) is 0.577. The molecule has 0 saturated heterocycles. The standard InChI is InChI=1S/C26H38N2O6/c1-2-3-4-6-12-19(13-7-5-8-17-23(30)24(27)31)34-26(33)21-15-11-18-28(21)25(32)20-14-9-10-16-22(20)29/h9-11,14,16,18-19,21,23,29-30H,2-8,12-13,15,17H2,1H3,(H2,27,31)/t19-,21+,23+/m1/s1. The number of amides is 2. The number of aliphatic hydroxyl groups excluding tert-OH is 1. The number of primary amides is 1. The van der Waals surface area contributed by atoms with Gasteiger partial charge in [0.25, 0.3) is 5.91 Å². The van der Waals surface area contributed by atoms with Crippen LogP contribution in [0, 0.1) is 0 Å². The second kappa shape index (κ2) is 14.4. The lowest BCUT2D eigenvalue weighted by molar-refractivity contribution is -0.154. The van der Waals surface area contributed by atoms with Crippen LogP contribution in [0.3, 0.4) is 0 Å².